The molecule has 0 saturated carbocycles. The SMILES string of the molecule is CC1(C)Cc2nc(NN)sc2C(C)(C)C1. The summed E-state index contributed by atoms with van der Waals surface area (Å²) in [5, 5.41) is 0.839. The predicted molar refractivity (Wildman–Crippen MR) is 65.1 cm³/mol. The second kappa shape index (κ2) is 3.19. The van der Waals surface area contributed by atoms with Crippen molar-refractivity contribution in [2.24, 2.45) is 11.3 Å². The highest BCUT2D eigenvalue weighted by molar-refractivity contribution is 7.15. The molecule has 1 aromatic heterocycles. The Hall–Kier alpha value is -0.610. The van der Waals surface area contributed by atoms with Gasteiger partial charge in [-0.15, -0.1) is 11.3 Å². The Labute approximate surface area is 95.1 Å². The maximum Gasteiger partial charge on any atom is 0.197 e. The fourth-order valence-corrected chi connectivity index (χ4v) is 3.85. The molecule has 1 aliphatic carbocycles. The average molecular weight is 225 g/mol. The van der Waals surface area contributed by atoms with Crippen LogP contribution in [-0.2, 0) is 11.8 Å². The molecule has 0 bridgehead atoms. The highest BCUT2D eigenvalue weighted by Crippen LogP contribution is 2.48. The van der Waals surface area contributed by atoms with Gasteiger partial charge in [0.25, 0.3) is 0 Å². The lowest BCUT2D eigenvalue weighted by atomic mass is 9.67. The molecule has 3 nitrogen and oxygen atoms in total. The lowest BCUT2D eigenvalue weighted by molar-refractivity contribution is 0.232. The van der Waals surface area contributed by atoms with Gasteiger partial charge >= 0.3 is 0 Å². The quantitative estimate of drug-likeness (QED) is 0.570. The van der Waals surface area contributed by atoms with Crippen LogP contribution in [0.5, 0.6) is 0 Å². The predicted octanol–water partition coefficient (Wildman–Crippen LogP) is 2.68. The number of rotatable bonds is 1. The van der Waals surface area contributed by atoms with E-state index in [1.165, 1.54) is 17.0 Å². The van der Waals surface area contributed by atoms with Gasteiger partial charge < -0.3 is 0 Å². The maximum atomic E-state index is 5.42. The van der Waals surface area contributed by atoms with Crippen molar-refractivity contribution >= 4 is 16.5 Å². The molecule has 0 unspecified atom stereocenters. The number of thiazole rings is 1. The molecular weight excluding hydrogens is 206 g/mol. The molecule has 0 aliphatic heterocycles. The van der Waals surface area contributed by atoms with Crippen LogP contribution in [0.1, 0.15) is 44.7 Å². The van der Waals surface area contributed by atoms with Crippen LogP contribution in [0.4, 0.5) is 5.13 Å². The third-order valence-electron chi connectivity index (χ3n) is 3.00. The van der Waals surface area contributed by atoms with Crippen molar-refractivity contribution in [3.63, 3.8) is 0 Å². The van der Waals surface area contributed by atoms with E-state index in [1.807, 2.05) is 0 Å². The van der Waals surface area contributed by atoms with Crippen molar-refractivity contribution < 1.29 is 0 Å². The highest BCUT2D eigenvalue weighted by atomic mass is 32.1. The third kappa shape index (κ3) is 1.88. The summed E-state index contributed by atoms with van der Waals surface area (Å²) in [4.78, 5) is 5.94. The van der Waals surface area contributed by atoms with Crippen LogP contribution in [0.25, 0.3) is 0 Å². The molecule has 2 rings (SSSR count). The maximum absolute atomic E-state index is 5.42. The van der Waals surface area contributed by atoms with Crippen LogP contribution in [0.3, 0.4) is 0 Å². The Balaban J connectivity index is 2.48. The van der Waals surface area contributed by atoms with Crippen molar-refractivity contribution in [3.8, 4) is 0 Å². The summed E-state index contributed by atoms with van der Waals surface area (Å²) in [6.45, 7) is 9.22. The van der Waals surface area contributed by atoms with Gasteiger partial charge in [-0.2, -0.15) is 0 Å². The minimum Gasteiger partial charge on any atom is -0.300 e. The van der Waals surface area contributed by atoms with Crippen LogP contribution in [-0.4, -0.2) is 4.98 Å². The van der Waals surface area contributed by atoms with E-state index >= 15 is 0 Å². The first kappa shape index (κ1) is 10.9. The van der Waals surface area contributed by atoms with Crippen LogP contribution < -0.4 is 11.3 Å². The molecule has 0 atom stereocenters. The Bertz CT molecular complexity index is 379. The van der Waals surface area contributed by atoms with Gasteiger partial charge in [-0.3, -0.25) is 5.43 Å². The van der Waals surface area contributed by atoms with Crippen molar-refractivity contribution in [2.75, 3.05) is 5.43 Å². The molecule has 84 valence electrons. The van der Waals surface area contributed by atoms with Gasteiger partial charge in [0.1, 0.15) is 0 Å². The molecule has 0 saturated heterocycles. The van der Waals surface area contributed by atoms with Crippen LogP contribution >= 0.6 is 11.3 Å². The largest absolute Gasteiger partial charge is 0.300 e. The molecule has 0 radical (unpaired) electrons. The number of hydrogen-bond acceptors (Lipinski definition) is 4. The molecule has 1 aromatic rings. The third-order valence-corrected chi connectivity index (χ3v) is 4.40. The van der Waals surface area contributed by atoms with Crippen molar-refractivity contribution in [3.05, 3.63) is 10.6 Å². The number of fused-ring (bicyclic) bond motifs is 1. The van der Waals surface area contributed by atoms with Crippen molar-refractivity contribution in [1.82, 2.24) is 4.98 Å². The number of nitrogens with two attached hydrogens (primary N) is 1. The Morgan fingerprint density at radius 2 is 2.00 bits per heavy atom. The minimum absolute atomic E-state index is 0.226. The van der Waals surface area contributed by atoms with Crippen LogP contribution in [0.2, 0.25) is 0 Å². The molecule has 1 aliphatic rings. The first-order chi connectivity index (χ1) is 6.84. The van der Waals surface area contributed by atoms with E-state index in [9.17, 15) is 0 Å². The van der Waals surface area contributed by atoms with Gasteiger partial charge in [0.15, 0.2) is 5.13 Å². The average Bonchev–Trinajstić information content (AvgIpc) is 2.44. The van der Waals surface area contributed by atoms with Gasteiger partial charge in [-0.1, -0.05) is 27.7 Å². The van der Waals surface area contributed by atoms with E-state index in [0.29, 0.717) is 5.41 Å². The molecule has 15 heavy (non-hydrogen) atoms. The topological polar surface area (TPSA) is 50.9 Å². The number of aromatic nitrogens is 1. The van der Waals surface area contributed by atoms with E-state index in [1.54, 1.807) is 11.3 Å². The van der Waals surface area contributed by atoms with E-state index in [4.69, 9.17) is 5.84 Å². The molecule has 0 aromatic carbocycles. The monoisotopic (exact) mass is 225 g/mol. The number of anilines is 1. The molecule has 0 amide bonds. The minimum atomic E-state index is 0.226. The first-order valence-electron chi connectivity index (χ1n) is 5.31. The summed E-state index contributed by atoms with van der Waals surface area (Å²) in [5.41, 5.74) is 4.46. The number of hydrazine groups is 1. The van der Waals surface area contributed by atoms with Crippen LogP contribution in [0, 0.1) is 5.41 Å². The zero-order valence-electron chi connectivity index (χ0n) is 9.85. The Kier molecular flexibility index (Phi) is 2.32. The lowest BCUT2D eigenvalue weighted by Gasteiger charge is -2.39. The smallest absolute Gasteiger partial charge is 0.197 e. The molecular formula is C11H19N3S. The summed E-state index contributed by atoms with van der Waals surface area (Å²) >= 11 is 1.70. The van der Waals surface area contributed by atoms with Crippen molar-refractivity contribution in [2.45, 2.75) is 46.0 Å². The second-order valence-corrected chi connectivity index (χ2v) is 6.84. The van der Waals surface area contributed by atoms with E-state index in [0.717, 1.165) is 11.6 Å². The van der Waals surface area contributed by atoms with Gasteiger partial charge in [-0.25, -0.2) is 10.8 Å². The number of nitrogen functional groups attached to an aromatic ring is 1. The van der Waals surface area contributed by atoms with Gasteiger partial charge in [0, 0.05) is 10.3 Å². The van der Waals surface area contributed by atoms with Gasteiger partial charge in [0.2, 0.25) is 0 Å². The summed E-state index contributed by atoms with van der Waals surface area (Å²) < 4.78 is 0. The molecule has 3 N–H and O–H groups in total. The molecule has 0 spiro atoms. The fraction of sp³-hybridized carbons (Fsp3) is 0.727. The van der Waals surface area contributed by atoms with Gasteiger partial charge in [-0.05, 0) is 18.3 Å². The number of hydrogen-bond donors (Lipinski definition) is 2. The Morgan fingerprint density at radius 3 is 2.60 bits per heavy atom. The normalized spacial score (nSPS) is 22.2. The zero-order valence-corrected chi connectivity index (χ0v) is 10.7. The fourth-order valence-electron chi connectivity index (χ4n) is 2.85. The zero-order chi connectivity index (χ0) is 11.3. The summed E-state index contributed by atoms with van der Waals surface area (Å²) in [7, 11) is 0. The standard InChI is InChI=1S/C11H19N3S/c1-10(2)5-7-8(11(3,4)6-10)15-9(13-7)14-12/h5-6,12H2,1-4H3,(H,13,14). The molecule has 4 heteroatoms. The highest BCUT2D eigenvalue weighted by Gasteiger charge is 2.39. The molecule has 1 heterocycles. The van der Waals surface area contributed by atoms with Crippen LogP contribution in [0.15, 0.2) is 0 Å². The van der Waals surface area contributed by atoms with E-state index in [2.05, 4.69) is 38.1 Å². The number of nitrogens with zero attached hydrogens (tertiary/aromatic N) is 1. The Morgan fingerprint density at radius 1 is 1.33 bits per heavy atom. The van der Waals surface area contributed by atoms with E-state index < -0.39 is 0 Å². The molecule has 0 fully saturated rings. The van der Waals surface area contributed by atoms with Crippen molar-refractivity contribution in [1.29, 1.82) is 0 Å². The summed E-state index contributed by atoms with van der Waals surface area (Å²) in [5.74, 6) is 5.42. The second-order valence-electron chi connectivity index (χ2n) is 5.84. The lowest BCUT2D eigenvalue weighted by Crippen LogP contribution is -2.33. The summed E-state index contributed by atoms with van der Waals surface area (Å²) in [6, 6.07) is 0. The summed E-state index contributed by atoms with van der Waals surface area (Å²) in [6.07, 6.45) is 2.27. The van der Waals surface area contributed by atoms with Gasteiger partial charge in [0.05, 0.1) is 5.69 Å². The number of nitrogens with one attached hydrogen (secondary N) is 1. The first-order valence-corrected chi connectivity index (χ1v) is 6.12. The van der Waals surface area contributed by atoms with E-state index in [-0.39, 0.29) is 5.41 Å².